The van der Waals surface area contributed by atoms with Gasteiger partial charge in [0.15, 0.2) is 0 Å². The second kappa shape index (κ2) is 5.12. The molecule has 1 aromatic rings. The van der Waals surface area contributed by atoms with Crippen LogP contribution in [0.15, 0.2) is 12.5 Å². The lowest BCUT2D eigenvalue weighted by molar-refractivity contribution is 0.129. The van der Waals surface area contributed by atoms with Crippen molar-refractivity contribution >= 4 is 0 Å². The summed E-state index contributed by atoms with van der Waals surface area (Å²) in [6, 6.07) is 0.0574. The minimum Gasteiger partial charge on any atom is -0.385 e. The van der Waals surface area contributed by atoms with Gasteiger partial charge in [0.05, 0.1) is 18.2 Å². The van der Waals surface area contributed by atoms with Crippen LogP contribution in [0.3, 0.4) is 0 Å². The largest absolute Gasteiger partial charge is 0.385 e. The first-order valence-electron chi connectivity index (χ1n) is 5.12. The van der Waals surface area contributed by atoms with Crippen molar-refractivity contribution in [3.8, 4) is 0 Å². The molecule has 0 aliphatic carbocycles. The Balaban J connectivity index is 2.72. The first-order chi connectivity index (χ1) is 6.70. The van der Waals surface area contributed by atoms with E-state index in [4.69, 9.17) is 0 Å². The Bertz CT molecular complexity index is 272. The molecular weight excluding hydrogens is 178 g/mol. The monoisotopic (exact) mass is 197 g/mol. The predicted octanol–water partition coefficient (Wildman–Crippen LogP) is 0.934. The smallest absolute Gasteiger partial charge is 0.110 e. The number of imidazole rings is 1. The van der Waals surface area contributed by atoms with Crippen molar-refractivity contribution in [2.45, 2.75) is 39.5 Å². The number of hydrogen-bond acceptors (Lipinski definition) is 3. The Kier molecular flexibility index (Phi) is 4.10. The lowest BCUT2D eigenvalue weighted by atomic mass is 10.1. The zero-order valence-corrected chi connectivity index (χ0v) is 9.07. The third-order valence-corrected chi connectivity index (χ3v) is 2.39. The van der Waals surface area contributed by atoms with Crippen LogP contribution in [-0.2, 0) is 6.54 Å². The lowest BCUT2D eigenvalue weighted by Crippen LogP contribution is -2.32. The third-order valence-electron chi connectivity index (χ3n) is 2.39. The number of nitrogens with zero attached hydrogens (tertiary/aromatic N) is 2. The molecule has 4 heteroatoms. The van der Waals surface area contributed by atoms with Crippen LogP contribution in [0.4, 0.5) is 0 Å². The highest BCUT2D eigenvalue weighted by molar-refractivity contribution is 5.05. The Hall–Kier alpha value is -0.870. The minimum absolute atomic E-state index is 0.0574. The summed E-state index contributed by atoms with van der Waals surface area (Å²) < 4.78 is 1.96. The van der Waals surface area contributed by atoms with Gasteiger partial charge in [0, 0.05) is 12.6 Å². The van der Waals surface area contributed by atoms with Crippen LogP contribution in [0.1, 0.15) is 32.6 Å². The van der Waals surface area contributed by atoms with Gasteiger partial charge in [0.1, 0.15) is 6.10 Å². The maximum absolute atomic E-state index is 10.00. The van der Waals surface area contributed by atoms with Crippen LogP contribution in [0.25, 0.3) is 0 Å². The molecule has 80 valence electrons. The summed E-state index contributed by atoms with van der Waals surface area (Å²) in [5.41, 5.74) is 0.876. The summed E-state index contributed by atoms with van der Waals surface area (Å²) in [5, 5.41) is 13.2. The second-order valence-corrected chi connectivity index (χ2v) is 3.40. The molecule has 0 aliphatic heterocycles. The first kappa shape index (κ1) is 11.2. The molecule has 0 fully saturated rings. The van der Waals surface area contributed by atoms with Gasteiger partial charge >= 0.3 is 0 Å². The average Bonchev–Trinajstić information content (AvgIpc) is 2.64. The predicted molar refractivity (Wildman–Crippen MR) is 56.0 cm³/mol. The summed E-state index contributed by atoms with van der Waals surface area (Å²) >= 11 is 0. The Morgan fingerprint density at radius 2 is 2.29 bits per heavy atom. The Morgan fingerprint density at radius 1 is 1.57 bits per heavy atom. The first-order valence-corrected chi connectivity index (χ1v) is 5.12. The van der Waals surface area contributed by atoms with Crippen molar-refractivity contribution in [3.63, 3.8) is 0 Å². The topological polar surface area (TPSA) is 50.1 Å². The SMILES string of the molecule is CCNC(C)C(O)c1cncn1CC. The van der Waals surface area contributed by atoms with E-state index in [0.717, 1.165) is 18.8 Å². The fourth-order valence-electron chi connectivity index (χ4n) is 1.53. The van der Waals surface area contributed by atoms with Crippen LogP contribution in [0, 0.1) is 0 Å². The number of aliphatic hydroxyl groups excluding tert-OH is 1. The molecule has 0 aromatic carbocycles. The number of likely N-dealkylation sites (N-methyl/N-ethyl adjacent to an activating group) is 1. The van der Waals surface area contributed by atoms with Gasteiger partial charge in [0.2, 0.25) is 0 Å². The van der Waals surface area contributed by atoms with Crippen molar-refractivity contribution in [2.24, 2.45) is 0 Å². The van der Waals surface area contributed by atoms with Crippen LogP contribution < -0.4 is 5.32 Å². The highest BCUT2D eigenvalue weighted by Gasteiger charge is 2.18. The van der Waals surface area contributed by atoms with Crippen LogP contribution in [0.5, 0.6) is 0 Å². The molecule has 1 aromatic heterocycles. The van der Waals surface area contributed by atoms with E-state index in [2.05, 4.69) is 10.3 Å². The molecule has 0 aliphatic rings. The molecule has 1 rings (SSSR count). The van der Waals surface area contributed by atoms with Gasteiger partial charge in [-0.15, -0.1) is 0 Å². The van der Waals surface area contributed by atoms with E-state index in [-0.39, 0.29) is 6.04 Å². The second-order valence-electron chi connectivity index (χ2n) is 3.40. The highest BCUT2D eigenvalue weighted by Crippen LogP contribution is 2.15. The van der Waals surface area contributed by atoms with E-state index in [1.807, 2.05) is 25.3 Å². The number of aliphatic hydroxyl groups is 1. The number of aromatic nitrogens is 2. The summed E-state index contributed by atoms with van der Waals surface area (Å²) in [6.45, 7) is 7.74. The number of aryl methyl sites for hydroxylation is 1. The van der Waals surface area contributed by atoms with E-state index in [9.17, 15) is 5.11 Å². The molecule has 0 saturated heterocycles. The van der Waals surface area contributed by atoms with Gasteiger partial charge in [-0.1, -0.05) is 6.92 Å². The van der Waals surface area contributed by atoms with Crippen LogP contribution in [-0.4, -0.2) is 27.2 Å². The lowest BCUT2D eigenvalue weighted by Gasteiger charge is -2.20. The maximum atomic E-state index is 10.00. The van der Waals surface area contributed by atoms with E-state index in [0.29, 0.717) is 0 Å². The molecular formula is C10H19N3O. The van der Waals surface area contributed by atoms with E-state index in [1.165, 1.54) is 0 Å². The molecule has 2 N–H and O–H groups in total. The van der Waals surface area contributed by atoms with E-state index >= 15 is 0 Å². The fourth-order valence-corrected chi connectivity index (χ4v) is 1.53. The average molecular weight is 197 g/mol. The van der Waals surface area contributed by atoms with Crippen molar-refractivity contribution < 1.29 is 5.11 Å². The summed E-state index contributed by atoms with van der Waals surface area (Å²) in [4.78, 5) is 4.03. The molecule has 0 radical (unpaired) electrons. The van der Waals surface area contributed by atoms with Crippen LogP contribution in [0.2, 0.25) is 0 Å². The Morgan fingerprint density at radius 3 is 2.86 bits per heavy atom. The van der Waals surface area contributed by atoms with Gasteiger partial charge in [-0.05, 0) is 20.4 Å². The molecule has 0 spiro atoms. The van der Waals surface area contributed by atoms with Crippen molar-refractivity contribution in [3.05, 3.63) is 18.2 Å². The minimum atomic E-state index is -0.489. The van der Waals surface area contributed by atoms with Gasteiger partial charge in [-0.2, -0.15) is 0 Å². The quantitative estimate of drug-likeness (QED) is 0.738. The van der Waals surface area contributed by atoms with Crippen molar-refractivity contribution in [1.29, 1.82) is 0 Å². The third kappa shape index (κ3) is 2.33. The van der Waals surface area contributed by atoms with E-state index in [1.54, 1.807) is 12.5 Å². The summed E-state index contributed by atoms with van der Waals surface area (Å²) in [6.07, 6.45) is 2.98. The van der Waals surface area contributed by atoms with Crippen LogP contribution >= 0.6 is 0 Å². The molecule has 2 unspecified atom stereocenters. The van der Waals surface area contributed by atoms with E-state index < -0.39 is 6.10 Å². The fraction of sp³-hybridized carbons (Fsp3) is 0.700. The maximum Gasteiger partial charge on any atom is 0.110 e. The Labute approximate surface area is 85.0 Å². The highest BCUT2D eigenvalue weighted by atomic mass is 16.3. The van der Waals surface area contributed by atoms with Crippen molar-refractivity contribution in [2.75, 3.05) is 6.54 Å². The molecule has 0 bridgehead atoms. The zero-order chi connectivity index (χ0) is 10.6. The molecule has 14 heavy (non-hydrogen) atoms. The molecule has 1 heterocycles. The number of nitrogens with one attached hydrogen (secondary N) is 1. The van der Waals surface area contributed by atoms with Crippen molar-refractivity contribution in [1.82, 2.24) is 14.9 Å². The summed E-state index contributed by atoms with van der Waals surface area (Å²) in [5.74, 6) is 0. The molecule has 4 nitrogen and oxygen atoms in total. The summed E-state index contributed by atoms with van der Waals surface area (Å²) in [7, 11) is 0. The normalized spacial score (nSPS) is 15.4. The zero-order valence-electron chi connectivity index (χ0n) is 9.07. The standard InChI is InChI=1S/C10H19N3O/c1-4-12-8(3)10(14)9-6-11-7-13(9)5-2/h6-8,10,12,14H,4-5H2,1-3H3. The number of rotatable bonds is 5. The molecule has 0 amide bonds. The van der Waals surface area contributed by atoms with Gasteiger partial charge in [0.25, 0.3) is 0 Å². The van der Waals surface area contributed by atoms with Gasteiger partial charge in [-0.25, -0.2) is 4.98 Å². The molecule has 0 saturated carbocycles. The molecule has 2 atom stereocenters. The van der Waals surface area contributed by atoms with Gasteiger partial charge < -0.3 is 15.0 Å². The van der Waals surface area contributed by atoms with Gasteiger partial charge in [-0.3, -0.25) is 0 Å². The number of hydrogen-bond donors (Lipinski definition) is 2.